The summed E-state index contributed by atoms with van der Waals surface area (Å²) in [5.74, 6) is 0. The number of aromatic nitrogens is 2. The second kappa shape index (κ2) is 13.2. The maximum Gasteiger partial charge on any atom is 0.0541 e. The summed E-state index contributed by atoms with van der Waals surface area (Å²) in [6.07, 6.45) is 5.76. The summed E-state index contributed by atoms with van der Waals surface area (Å²) >= 11 is 0. The fraction of sp³-hybridized carbons (Fsp3) is 0.346. The molecule has 0 fully saturated rings. The number of hydrogen-bond donors (Lipinski definition) is 0. The third-order valence-electron chi connectivity index (χ3n) is 11.2. The predicted molar refractivity (Wildman–Crippen MR) is 237 cm³/mol. The Morgan fingerprint density at radius 3 is 1.19 bits per heavy atom. The van der Waals surface area contributed by atoms with Crippen LogP contribution in [-0.4, -0.2) is 9.13 Å². The van der Waals surface area contributed by atoms with Crippen molar-refractivity contribution in [2.75, 3.05) is 0 Å². The van der Waals surface area contributed by atoms with Gasteiger partial charge in [0.15, 0.2) is 0 Å². The summed E-state index contributed by atoms with van der Waals surface area (Å²) in [4.78, 5) is 0. The van der Waals surface area contributed by atoms with Gasteiger partial charge >= 0.3 is 0 Å². The van der Waals surface area contributed by atoms with Gasteiger partial charge in [-0.25, -0.2) is 0 Å². The molecule has 2 nitrogen and oxygen atoms in total. The molecule has 5 aromatic carbocycles. The largest absolute Gasteiger partial charge is 0.310 e. The first kappa shape index (κ1) is 37.5. The lowest BCUT2D eigenvalue weighted by Crippen LogP contribution is -2.28. The maximum absolute atomic E-state index is 2.46. The van der Waals surface area contributed by atoms with Crippen LogP contribution < -0.4 is 10.6 Å². The van der Waals surface area contributed by atoms with Gasteiger partial charge < -0.3 is 9.13 Å². The van der Waals surface area contributed by atoms with E-state index >= 15 is 0 Å². The van der Waals surface area contributed by atoms with Crippen LogP contribution in [0.25, 0.3) is 67.4 Å². The molecule has 0 aliphatic carbocycles. The minimum absolute atomic E-state index is 0.0784. The lowest BCUT2D eigenvalue weighted by Gasteiger charge is -2.19. The van der Waals surface area contributed by atoms with E-state index in [-0.39, 0.29) is 21.7 Å². The highest BCUT2D eigenvalue weighted by Crippen LogP contribution is 2.38. The molecule has 0 aliphatic rings. The Labute approximate surface area is 323 Å². The topological polar surface area (TPSA) is 9.86 Å². The summed E-state index contributed by atoms with van der Waals surface area (Å²) in [6, 6.07) is 39.4. The van der Waals surface area contributed by atoms with E-state index in [0.29, 0.717) is 0 Å². The lowest BCUT2D eigenvalue weighted by atomic mass is 9.85. The molecule has 2 heterocycles. The van der Waals surface area contributed by atoms with E-state index in [2.05, 4.69) is 214 Å². The Kier molecular flexibility index (Phi) is 9.16. The summed E-state index contributed by atoms with van der Waals surface area (Å²) < 4.78 is 4.89. The molecule has 0 amide bonds. The first-order chi connectivity index (χ1) is 25.2. The smallest absolute Gasteiger partial charge is 0.0541 e. The average Bonchev–Trinajstić information content (AvgIpc) is 3.60. The van der Waals surface area contributed by atoms with Crippen molar-refractivity contribution in [3.63, 3.8) is 0 Å². The second-order valence-corrected chi connectivity index (χ2v) is 19.8. The van der Waals surface area contributed by atoms with Gasteiger partial charge in [-0.3, -0.25) is 0 Å². The van der Waals surface area contributed by atoms with E-state index in [9.17, 15) is 0 Å². The van der Waals surface area contributed by atoms with E-state index in [4.69, 9.17) is 0 Å². The van der Waals surface area contributed by atoms with Gasteiger partial charge in [-0.05, 0) is 123 Å². The van der Waals surface area contributed by atoms with Gasteiger partial charge in [-0.15, -0.1) is 0 Å². The third-order valence-corrected chi connectivity index (χ3v) is 11.2. The van der Waals surface area contributed by atoms with Gasteiger partial charge in [0.05, 0.1) is 16.6 Å². The van der Waals surface area contributed by atoms with Crippen molar-refractivity contribution in [3.05, 3.63) is 130 Å². The van der Waals surface area contributed by atoms with Crippen LogP contribution in [0.15, 0.2) is 103 Å². The molecular formula is C52H60N2. The van der Waals surface area contributed by atoms with Gasteiger partial charge in [-0.1, -0.05) is 138 Å². The summed E-state index contributed by atoms with van der Waals surface area (Å²) in [7, 11) is 0. The lowest BCUT2D eigenvalue weighted by molar-refractivity contribution is 0.431. The molecule has 0 bridgehead atoms. The van der Waals surface area contributed by atoms with Crippen molar-refractivity contribution in [3.8, 4) is 22.5 Å². The van der Waals surface area contributed by atoms with Gasteiger partial charge in [-0.2, -0.15) is 0 Å². The fourth-order valence-corrected chi connectivity index (χ4v) is 7.83. The zero-order valence-electron chi connectivity index (χ0n) is 35.1. The summed E-state index contributed by atoms with van der Waals surface area (Å²) in [6.45, 7) is 29.8. The van der Waals surface area contributed by atoms with Gasteiger partial charge in [0.1, 0.15) is 0 Å². The zero-order valence-corrected chi connectivity index (χ0v) is 35.1. The molecule has 0 radical (unpaired) electrons. The van der Waals surface area contributed by atoms with Crippen molar-refractivity contribution < 1.29 is 0 Å². The van der Waals surface area contributed by atoms with Crippen molar-refractivity contribution in [2.45, 2.75) is 113 Å². The zero-order chi connectivity index (χ0) is 39.0. The summed E-state index contributed by atoms with van der Waals surface area (Å²) in [5.41, 5.74) is 13.1. The summed E-state index contributed by atoms with van der Waals surface area (Å²) in [5, 5.41) is 6.56. The Morgan fingerprint density at radius 1 is 0.444 bits per heavy atom. The standard InChI is InChI=1S/C52H60N2/c1-14-45-41(29-30-49(2,3)4)42-31-36(50(5,6)7)19-26-46(42)53(45)39-22-15-34(16-23-39)35-17-24-40(25-18-35)54-47-27-20-37(51(8,9)10)32-43(47)44-33-38(52(11,12)13)21-28-48(44)54/h14-29,31-33H,30H2,1-13H3/b41-29-,45-14+. The van der Waals surface area contributed by atoms with Crippen LogP contribution in [0.4, 0.5) is 0 Å². The van der Waals surface area contributed by atoms with Crippen molar-refractivity contribution in [1.82, 2.24) is 9.13 Å². The number of nitrogens with zero attached hydrogens (tertiary/aromatic N) is 2. The molecule has 278 valence electrons. The number of fused-ring (bicyclic) bond motifs is 4. The molecule has 0 saturated heterocycles. The van der Waals surface area contributed by atoms with Gasteiger partial charge in [0, 0.05) is 38.1 Å². The molecule has 0 atom stereocenters. The molecule has 2 aromatic heterocycles. The first-order valence-corrected chi connectivity index (χ1v) is 19.9. The highest BCUT2D eigenvalue weighted by molar-refractivity contribution is 6.10. The average molecular weight is 713 g/mol. The SMILES string of the molecule is C/C=c1\c(=C/CC(C)(C)C)c2cc(C(C)(C)C)ccc2n1-c1ccc(-c2ccc(-n3c4ccc(C(C)(C)C)cc4c4cc(C(C)(C)C)ccc43)cc2)cc1. The molecule has 0 unspecified atom stereocenters. The van der Waals surface area contributed by atoms with Crippen molar-refractivity contribution >= 4 is 44.9 Å². The third kappa shape index (κ3) is 6.97. The fourth-order valence-electron chi connectivity index (χ4n) is 7.83. The molecule has 54 heavy (non-hydrogen) atoms. The Morgan fingerprint density at radius 2 is 0.815 bits per heavy atom. The Balaban J connectivity index is 1.30. The van der Waals surface area contributed by atoms with Crippen LogP contribution in [0.5, 0.6) is 0 Å². The van der Waals surface area contributed by atoms with Crippen molar-refractivity contribution in [1.29, 1.82) is 0 Å². The molecule has 7 rings (SSSR count). The molecule has 7 aromatic rings. The number of hydrogen-bond acceptors (Lipinski definition) is 0. The molecule has 0 spiro atoms. The monoisotopic (exact) mass is 712 g/mol. The molecule has 0 N–H and O–H groups in total. The minimum atomic E-state index is 0.0784. The normalized spacial score (nSPS) is 13.9. The van der Waals surface area contributed by atoms with Crippen LogP contribution in [0.2, 0.25) is 0 Å². The predicted octanol–water partition coefficient (Wildman–Crippen LogP) is 13.3. The highest BCUT2D eigenvalue weighted by atomic mass is 15.0. The first-order valence-electron chi connectivity index (χ1n) is 19.9. The van der Waals surface area contributed by atoms with Gasteiger partial charge in [0.25, 0.3) is 0 Å². The molecular weight excluding hydrogens is 653 g/mol. The number of benzene rings is 5. The Bertz CT molecular complexity index is 2560. The van der Waals surface area contributed by atoms with E-state index in [1.54, 1.807) is 0 Å². The molecule has 0 aliphatic heterocycles. The molecule has 0 saturated carbocycles. The van der Waals surface area contributed by atoms with Crippen LogP contribution in [0, 0.1) is 5.41 Å². The van der Waals surface area contributed by atoms with E-state index in [0.717, 1.165) is 6.42 Å². The van der Waals surface area contributed by atoms with E-state index < -0.39 is 0 Å². The van der Waals surface area contributed by atoms with Gasteiger partial charge in [0.2, 0.25) is 0 Å². The second-order valence-electron chi connectivity index (χ2n) is 19.8. The van der Waals surface area contributed by atoms with Crippen molar-refractivity contribution in [2.24, 2.45) is 5.41 Å². The molecule has 2 heteroatoms. The maximum atomic E-state index is 2.46. The van der Waals surface area contributed by atoms with Crippen LogP contribution in [-0.2, 0) is 16.2 Å². The van der Waals surface area contributed by atoms with Crippen LogP contribution >= 0.6 is 0 Å². The Hall–Kier alpha value is -4.82. The van der Waals surface area contributed by atoms with E-state index in [1.165, 1.54) is 82.5 Å². The highest BCUT2D eigenvalue weighted by Gasteiger charge is 2.22. The number of rotatable bonds is 4. The quantitative estimate of drug-likeness (QED) is 0.172. The van der Waals surface area contributed by atoms with Crippen LogP contribution in [0.3, 0.4) is 0 Å². The minimum Gasteiger partial charge on any atom is -0.310 e. The van der Waals surface area contributed by atoms with E-state index in [1.807, 2.05) is 0 Å². The van der Waals surface area contributed by atoms with Crippen LogP contribution in [0.1, 0.15) is 113 Å².